The number of alkyl halides is 3. The van der Waals surface area contributed by atoms with E-state index in [4.69, 9.17) is 4.74 Å². The third-order valence-electron chi connectivity index (χ3n) is 4.16. The monoisotopic (exact) mass is 513 g/mol. The van der Waals surface area contributed by atoms with Crippen molar-refractivity contribution in [1.82, 2.24) is 9.97 Å². The van der Waals surface area contributed by atoms with E-state index in [1.165, 1.54) is 37.8 Å². The van der Waals surface area contributed by atoms with Crippen LogP contribution in [0.5, 0.6) is 5.75 Å². The summed E-state index contributed by atoms with van der Waals surface area (Å²) in [6.07, 6.45) is -4.76. The number of anilines is 2. The number of thiazole rings is 1. The number of rotatable bonds is 5. The second-order valence-electron chi connectivity index (χ2n) is 6.33. The molecule has 1 aromatic carbocycles. The number of aromatic nitrogens is 2. The highest BCUT2D eigenvalue weighted by Gasteiger charge is 2.32. The minimum Gasteiger partial charge on any atom is -0.495 e. The van der Waals surface area contributed by atoms with Crippen molar-refractivity contribution >= 4 is 39.7 Å². The molecule has 0 spiro atoms. The van der Waals surface area contributed by atoms with E-state index >= 15 is 0 Å². The number of halogens is 3. The van der Waals surface area contributed by atoms with Crippen molar-refractivity contribution in [3.05, 3.63) is 67.9 Å². The van der Waals surface area contributed by atoms with Crippen LogP contribution in [0.2, 0.25) is 0 Å². The molecule has 0 aliphatic carbocycles. The first-order chi connectivity index (χ1) is 16.0. The molecule has 9 nitrogen and oxygen atoms in total. The topological polar surface area (TPSA) is 119 Å². The number of ether oxygens (including phenoxy) is 2. The number of methoxy groups -OCH3 is 2. The molecule has 2 aromatic heterocycles. The van der Waals surface area contributed by atoms with E-state index in [1.807, 2.05) is 0 Å². The van der Waals surface area contributed by atoms with E-state index in [0.29, 0.717) is 6.07 Å². The van der Waals surface area contributed by atoms with Gasteiger partial charge in [-0.3, -0.25) is 4.79 Å². The molecule has 0 amide bonds. The lowest BCUT2D eigenvalue weighted by atomic mass is 10.2. The maximum Gasteiger partial charge on any atom is 0.431 e. The second kappa shape index (κ2) is 9.98. The molecule has 0 radical (unpaired) electrons. The van der Waals surface area contributed by atoms with Gasteiger partial charge in [-0.25, -0.2) is 22.5 Å². The summed E-state index contributed by atoms with van der Waals surface area (Å²) in [6.45, 7) is 0. The van der Waals surface area contributed by atoms with Crippen molar-refractivity contribution in [1.29, 1.82) is 0 Å². The molecule has 0 fully saturated rings. The molecule has 3 rings (SSSR count). The first-order valence-electron chi connectivity index (χ1n) is 9.03. The van der Waals surface area contributed by atoms with Crippen molar-refractivity contribution in [2.24, 2.45) is 0 Å². The van der Waals surface area contributed by atoms with Gasteiger partial charge in [-0.1, -0.05) is 5.92 Å². The van der Waals surface area contributed by atoms with Crippen molar-refractivity contribution in [2.45, 2.75) is 6.18 Å². The van der Waals surface area contributed by atoms with Crippen molar-refractivity contribution in [2.75, 3.05) is 18.5 Å². The molecule has 0 aliphatic heterocycles. The summed E-state index contributed by atoms with van der Waals surface area (Å²) in [5.41, 5.74) is -2.23. The Hall–Kier alpha value is -3.83. The number of benzene rings is 1. The molecule has 1 N–H and O–H groups in total. The van der Waals surface area contributed by atoms with Gasteiger partial charge in [0, 0.05) is 17.0 Å². The molecular weight excluding hydrogens is 499 g/mol. The van der Waals surface area contributed by atoms with Crippen LogP contribution in [0, 0.1) is 11.8 Å². The summed E-state index contributed by atoms with van der Waals surface area (Å²) in [4.78, 5) is 29.0. The van der Waals surface area contributed by atoms with Crippen LogP contribution in [0.15, 0.2) is 40.5 Å². The van der Waals surface area contributed by atoms with Gasteiger partial charge in [0.05, 0.1) is 19.8 Å². The number of aromatic amines is 1. The molecule has 0 saturated carbocycles. The number of H-pyrrole nitrogens is 1. The van der Waals surface area contributed by atoms with Crippen molar-refractivity contribution in [3.8, 4) is 17.6 Å². The molecule has 0 unspecified atom stereocenters. The molecule has 0 atom stereocenters. The summed E-state index contributed by atoms with van der Waals surface area (Å²) < 4.78 is 73.3. The van der Waals surface area contributed by atoms with Gasteiger partial charge in [-0.05, 0) is 30.2 Å². The van der Waals surface area contributed by atoms with Crippen LogP contribution in [-0.2, 0) is 21.8 Å². The zero-order valence-electron chi connectivity index (χ0n) is 17.3. The van der Waals surface area contributed by atoms with E-state index in [0.717, 1.165) is 21.7 Å². The van der Waals surface area contributed by atoms with Gasteiger partial charge in [0.25, 0.3) is 0 Å². The Morgan fingerprint density at radius 1 is 1.18 bits per heavy atom. The molecule has 3 aromatic rings. The number of hydrogen-bond acceptors (Lipinski definition) is 8. The summed E-state index contributed by atoms with van der Waals surface area (Å²) in [5, 5.41) is 1.44. The third-order valence-corrected chi connectivity index (χ3v) is 5.66. The molecule has 34 heavy (non-hydrogen) atoms. The number of carbonyl (C=O) groups is 1. The molecule has 0 aliphatic rings. The number of esters is 1. The van der Waals surface area contributed by atoms with Crippen molar-refractivity contribution in [3.63, 3.8) is 0 Å². The van der Waals surface area contributed by atoms with Gasteiger partial charge in [-0.15, -0.1) is 11.3 Å². The Balaban J connectivity index is 1.97. The SMILES string of the molecule is COC(=O)c1ccc(N(c2csc(C#Cc3cc(C(F)(F)F)[nH]c(=O)c3)n2)[SH](=O)=O)c(OC)c1. The van der Waals surface area contributed by atoms with Crippen molar-refractivity contribution < 1.29 is 35.9 Å². The minimum atomic E-state index is -4.76. The number of nitrogens with one attached hydrogen (secondary N) is 1. The Kier molecular flexibility index (Phi) is 7.28. The zero-order chi connectivity index (χ0) is 25.0. The van der Waals surface area contributed by atoms with E-state index in [2.05, 4.69) is 21.6 Å². The highest BCUT2D eigenvalue weighted by atomic mass is 32.2. The first kappa shape index (κ1) is 24.8. The molecule has 14 heteroatoms. The number of thiol groups is 1. The molecule has 0 saturated heterocycles. The Morgan fingerprint density at radius 2 is 1.91 bits per heavy atom. The number of nitrogens with zero attached hydrogens (tertiary/aromatic N) is 2. The summed E-state index contributed by atoms with van der Waals surface area (Å²) in [5.74, 6) is 4.27. The highest BCUT2D eigenvalue weighted by molar-refractivity contribution is 7.74. The average Bonchev–Trinajstić information content (AvgIpc) is 3.24. The van der Waals surface area contributed by atoms with Gasteiger partial charge in [-0.2, -0.15) is 13.2 Å². The van der Waals surface area contributed by atoms with E-state index in [1.54, 1.807) is 4.98 Å². The van der Waals surface area contributed by atoms with Gasteiger partial charge < -0.3 is 14.5 Å². The fourth-order valence-electron chi connectivity index (χ4n) is 2.71. The summed E-state index contributed by atoms with van der Waals surface area (Å²) in [6, 6.07) is 5.54. The Labute approximate surface area is 195 Å². The predicted octanol–water partition coefficient (Wildman–Crippen LogP) is 2.71. The molecule has 2 heterocycles. The number of carbonyl (C=O) groups excluding carboxylic acids is 1. The van der Waals surface area contributed by atoms with Crippen LogP contribution in [0.4, 0.5) is 24.7 Å². The Morgan fingerprint density at radius 3 is 2.53 bits per heavy atom. The second-order valence-corrected chi connectivity index (χ2v) is 8.07. The van der Waals surface area contributed by atoms with Crippen LogP contribution in [-0.4, -0.2) is 38.6 Å². The lowest BCUT2D eigenvalue weighted by Crippen LogP contribution is -2.16. The maximum absolute atomic E-state index is 12.9. The largest absolute Gasteiger partial charge is 0.495 e. The van der Waals surface area contributed by atoms with Crippen LogP contribution in [0.3, 0.4) is 0 Å². The molecule has 0 bridgehead atoms. The van der Waals surface area contributed by atoms with Crippen LogP contribution in [0.1, 0.15) is 26.6 Å². The quantitative estimate of drug-likeness (QED) is 0.306. The first-order valence-corrected chi connectivity index (χ1v) is 11.0. The standard InChI is InChI=1S/C20H14F3N3O6S2/c1-31-14-9-12(19(28)32-2)4-5-13(14)26(34(29)30)16-10-33-18(25-16)6-3-11-7-15(20(21,22)23)24-17(27)8-11/h4-5,7-10,34H,1-2H3,(H,24,27). The van der Waals surface area contributed by atoms with E-state index in [-0.39, 0.29) is 33.4 Å². The summed E-state index contributed by atoms with van der Waals surface area (Å²) in [7, 11) is -0.792. The van der Waals surface area contributed by atoms with Gasteiger partial charge >= 0.3 is 12.1 Å². The predicted molar refractivity (Wildman–Crippen MR) is 117 cm³/mol. The van der Waals surface area contributed by atoms with Gasteiger partial charge in [0.2, 0.25) is 16.4 Å². The molecular formula is C20H14F3N3O6S2. The lowest BCUT2D eigenvalue weighted by Gasteiger charge is -2.18. The fourth-order valence-corrected chi connectivity index (χ4v) is 4.03. The lowest BCUT2D eigenvalue weighted by molar-refractivity contribution is -0.141. The van der Waals surface area contributed by atoms with Gasteiger partial charge in [0.1, 0.15) is 17.1 Å². The zero-order valence-corrected chi connectivity index (χ0v) is 19.0. The normalized spacial score (nSPS) is 11.0. The van der Waals surface area contributed by atoms with E-state index < -0.39 is 34.3 Å². The summed E-state index contributed by atoms with van der Waals surface area (Å²) >= 11 is 0.931. The third kappa shape index (κ3) is 5.56. The van der Waals surface area contributed by atoms with Crippen LogP contribution in [0.25, 0.3) is 0 Å². The number of hydrogen-bond donors (Lipinski definition) is 2. The van der Waals surface area contributed by atoms with Crippen LogP contribution < -0.4 is 14.6 Å². The minimum absolute atomic E-state index is 0.0472. The fraction of sp³-hybridized carbons (Fsp3) is 0.150. The van der Waals surface area contributed by atoms with E-state index in [9.17, 15) is 31.2 Å². The van der Waals surface area contributed by atoms with Crippen LogP contribution >= 0.6 is 11.3 Å². The maximum atomic E-state index is 12.9. The average molecular weight is 513 g/mol. The molecule has 178 valence electrons. The number of pyridine rings is 1. The van der Waals surface area contributed by atoms with Gasteiger partial charge in [0.15, 0.2) is 10.8 Å². The Bertz CT molecular complexity index is 1430. The highest BCUT2D eigenvalue weighted by Crippen LogP contribution is 2.35. The smallest absolute Gasteiger partial charge is 0.431 e.